The molecule has 2 aromatic rings. The smallest absolute Gasteiger partial charge is 0.251 e. The highest BCUT2D eigenvalue weighted by Gasteiger charge is 2.29. The minimum atomic E-state index is -0.159. The predicted molar refractivity (Wildman–Crippen MR) is 92.4 cm³/mol. The molecule has 1 amide bonds. The molecule has 0 aromatic heterocycles. The van der Waals surface area contributed by atoms with Crippen LogP contribution in [-0.2, 0) is 9.47 Å². The monoisotopic (exact) mass is 343 g/mol. The first-order chi connectivity index (χ1) is 12.2. The van der Waals surface area contributed by atoms with Gasteiger partial charge in [-0.2, -0.15) is 0 Å². The lowest BCUT2D eigenvalue weighted by molar-refractivity contribution is 0.0685. The third kappa shape index (κ3) is 4.29. The van der Waals surface area contributed by atoms with Crippen molar-refractivity contribution in [2.24, 2.45) is 0 Å². The van der Waals surface area contributed by atoms with Crippen molar-refractivity contribution in [3.05, 3.63) is 54.1 Å². The van der Waals surface area contributed by atoms with Crippen LogP contribution in [0.4, 0.5) is 0 Å². The van der Waals surface area contributed by atoms with E-state index in [0.29, 0.717) is 30.3 Å². The number of rotatable bonds is 6. The van der Waals surface area contributed by atoms with Gasteiger partial charge in [0.15, 0.2) is 0 Å². The topological polar surface area (TPSA) is 66.0 Å². The molecular weight excluding hydrogens is 322 g/mol. The maximum atomic E-state index is 12.3. The largest absolute Gasteiger partial charge is 0.497 e. The van der Waals surface area contributed by atoms with Gasteiger partial charge in [-0.15, -0.1) is 0 Å². The quantitative estimate of drug-likeness (QED) is 0.873. The fourth-order valence-corrected chi connectivity index (χ4v) is 2.61. The Labute approximate surface area is 146 Å². The molecule has 1 N–H and O–H groups in total. The van der Waals surface area contributed by atoms with Gasteiger partial charge in [0.05, 0.1) is 26.4 Å². The number of benzene rings is 2. The van der Waals surface area contributed by atoms with Crippen LogP contribution in [0.1, 0.15) is 10.4 Å². The molecule has 2 aromatic carbocycles. The van der Waals surface area contributed by atoms with Gasteiger partial charge < -0.3 is 24.3 Å². The molecule has 1 saturated heterocycles. The van der Waals surface area contributed by atoms with E-state index in [-0.39, 0.29) is 18.1 Å². The van der Waals surface area contributed by atoms with Crippen molar-refractivity contribution in [2.75, 3.05) is 27.4 Å². The van der Waals surface area contributed by atoms with Crippen molar-refractivity contribution in [1.82, 2.24) is 5.32 Å². The SMILES string of the molecule is COc1ccc(Oc2ccc(C(=O)N[C@H]3COC[C@@H]3OC)cc2)cc1. The molecule has 6 nitrogen and oxygen atoms in total. The Morgan fingerprint density at radius 3 is 2.16 bits per heavy atom. The Hall–Kier alpha value is -2.57. The Morgan fingerprint density at radius 2 is 1.56 bits per heavy atom. The van der Waals surface area contributed by atoms with Crippen LogP contribution in [0.3, 0.4) is 0 Å². The average molecular weight is 343 g/mol. The number of carbonyl (C=O) groups excluding carboxylic acids is 1. The molecule has 0 unspecified atom stereocenters. The Kier molecular flexibility index (Phi) is 5.53. The third-order valence-electron chi connectivity index (χ3n) is 4.06. The van der Waals surface area contributed by atoms with E-state index in [4.69, 9.17) is 18.9 Å². The third-order valence-corrected chi connectivity index (χ3v) is 4.06. The number of ether oxygens (including phenoxy) is 4. The Bertz CT molecular complexity index is 699. The molecule has 25 heavy (non-hydrogen) atoms. The zero-order valence-corrected chi connectivity index (χ0v) is 14.2. The van der Waals surface area contributed by atoms with Crippen molar-refractivity contribution in [2.45, 2.75) is 12.1 Å². The lowest BCUT2D eigenvalue weighted by Gasteiger charge is -2.17. The highest BCUT2D eigenvalue weighted by atomic mass is 16.5. The van der Waals surface area contributed by atoms with Crippen molar-refractivity contribution >= 4 is 5.91 Å². The van der Waals surface area contributed by atoms with Crippen molar-refractivity contribution in [3.8, 4) is 17.2 Å². The second kappa shape index (κ2) is 8.00. The molecule has 0 spiro atoms. The summed E-state index contributed by atoms with van der Waals surface area (Å²) in [5.41, 5.74) is 0.559. The molecule has 1 heterocycles. The molecule has 1 fully saturated rings. The van der Waals surface area contributed by atoms with Gasteiger partial charge in [-0.3, -0.25) is 4.79 Å². The summed E-state index contributed by atoms with van der Waals surface area (Å²) < 4.78 is 21.5. The lowest BCUT2D eigenvalue weighted by atomic mass is 10.1. The minimum absolute atomic E-state index is 0.110. The first kappa shape index (κ1) is 17.3. The van der Waals surface area contributed by atoms with Crippen LogP contribution in [-0.4, -0.2) is 45.5 Å². The summed E-state index contributed by atoms with van der Waals surface area (Å²) in [4.78, 5) is 12.3. The molecule has 132 valence electrons. The van der Waals surface area contributed by atoms with Crippen LogP contribution < -0.4 is 14.8 Å². The summed E-state index contributed by atoms with van der Waals surface area (Å²) in [6, 6.07) is 14.1. The summed E-state index contributed by atoms with van der Waals surface area (Å²) in [5, 5.41) is 2.93. The van der Waals surface area contributed by atoms with E-state index in [9.17, 15) is 4.79 Å². The number of methoxy groups -OCH3 is 2. The summed E-state index contributed by atoms with van der Waals surface area (Å²) in [6.45, 7) is 0.957. The number of hydrogen-bond acceptors (Lipinski definition) is 5. The van der Waals surface area contributed by atoms with E-state index in [1.54, 1.807) is 38.5 Å². The predicted octanol–water partition coefficient (Wildman–Crippen LogP) is 2.63. The number of amides is 1. The summed E-state index contributed by atoms with van der Waals surface area (Å²) in [7, 11) is 3.23. The molecule has 0 aliphatic carbocycles. The van der Waals surface area contributed by atoms with Gasteiger partial charge in [-0.05, 0) is 48.5 Å². The van der Waals surface area contributed by atoms with E-state index in [1.165, 1.54) is 0 Å². The van der Waals surface area contributed by atoms with Crippen LogP contribution in [0.25, 0.3) is 0 Å². The van der Waals surface area contributed by atoms with Gasteiger partial charge in [-0.25, -0.2) is 0 Å². The van der Waals surface area contributed by atoms with E-state index >= 15 is 0 Å². The molecular formula is C19H21NO5. The van der Waals surface area contributed by atoms with Gasteiger partial charge in [-0.1, -0.05) is 0 Å². The minimum Gasteiger partial charge on any atom is -0.497 e. The molecule has 0 bridgehead atoms. The van der Waals surface area contributed by atoms with E-state index < -0.39 is 0 Å². The average Bonchev–Trinajstić information content (AvgIpc) is 3.10. The highest BCUT2D eigenvalue weighted by molar-refractivity contribution is 5.94. The number of carbonyl (C=O) groups is 1. The van der Waals surface area contributed by atoms with Crippen LogP contribution in [0.15, 0.2) is 48.5 Å². The van der Waals surface area contributed by atoms with Crippen LogP contribution in [0.2, 0.25) is 0 Å². The van der Waals surface area contributed by atoms with E-state index in [1.807, 2.05) is 24.3 Å². The highest BCUT2D eigenvalue weighted by Crippen LogP contribution is 2.24. The Balaban J connectivity index is 1.60. The summed E-state index contributed by atoms with van der Waals surface area (Å²) >= 11 is 0. The molecule has 6 heteroatoms. The summed E-state index contributed by atoms with van der Waals surface area (Å²) in [5.74, 6) is 1.96. The fraction of sp³-hybridized carbons (Fsp3) is 0.316. The van der Waals surface area contributed by atoms with Gasteiger partial charge in [0.1, 0.15) is 23.4 Å². The van der Waals surface area contributed by atoms with Crippen LogP contribution in [0, 0.1) is 0 Å². The second-order valence-corrected chi connectivity index (χ2v) is 5.69. The lowest BCUT2D eigenvalue weighted by Crippen LogP contribution is -2.43. The molecule has 0 saturated carbocycles. The Morgan fingerprint density at radius 1 is 0.960 bits per heavy atom. The number of nitrogens with one attached hydrogen (secondary N) is 1. The van der Waals surface area contributed by atoms with Gasteiger partial charge in [0.25, 0.3) is 5.91 Å². The molecule has 2 atom stereocenters. The van der Waals surface area contributed by atoms with Crippen molar-refractivity contribution < 1.29 is 23.7 Å². The maximum Gasteiger partial charge on any atom is 0.251 e. The normalized spacial score (nSPS) is 19.4. The zero-order chi connectivity index (χ0) is 17.6. The van der Waals surface area contributed by atoms with E-state index in [2.05, 4.69) is 5.32 Å². The molecule has 1 aliphatic heterocycles. The van der Waals surface area contributed by atoms with E-state index in [0.717, 1.165) is 5.75 Å². The number of hydrogen-bond donors (Lipinski definition) is 1. The molecule has 1 aliphatic rings. The van der Waals surface area contributed by atoms with Gasteiger partial charge >= 0.3 is 0 Å². The molecule has 3 rings (SSSR count). The van der Waals surface area contributed by atoms with Gasteiger partial charge in [0.2, 0.25) is 0 Å². The van der Waals surface area contributed by atoms with Crippen molar-refractivity contribution in [1.29, 1.82) is 0 Å². The van der Waals surface area contributed by atoms with Crippen molar-refractivity contribution in [3.63, 3.8) is 0 Å². The van der Waals surface area contributed by atoms with Crippen LogP contribution in [0.5, 0.6) is 17.2 Å². The first-order valence-corrected chi connectivity index (χ1v) is 8.03. The molecule has 0 radical (unpaired) electrons. The zero-order valence-electron chi connectivity index (χ0n) is 14.2. The standard InChI is InChI=1S/C19H21NO5/c1-22-14-7-9-16(10-8-14)25-15-5-3-13(4-6-15)19(21)20-17-11-24-12-18(17)23-2/h3-10,17-18H,11-12H2,1-2H3,(H,20,21)/t17-,18-/m0/s1. The first-order valence-electron chi connectivity index (χ1n) is 8.03. The second-order valence-electron chi connectivity index (χ2n) is 5.69. The van der Waals surface area contributed by atoms with Gasteiger partial charge in [0, 0.05) is 12.7 Å². The summed E-state index contributed by atoms with van der Waals surface area (Å²) in [6.07, 6.45) is -0.110. The fourth-order valence-electron chi connectivity index (χ4n) is 2.61. The maximum absolute atomic E-state index is 12.3. The van der Waals surface area contributed by atoms with Crippen LogP contribution >= 0.6 is 0 Å².